The van der Waals surface area contributed by atoms with Gasteiger partial charge in [0.1, 0.15) is 12.4 Å². The Bertz CT molecular complexity index is 1200. The molecule has 7 heteroatoms. The summed E-state index contributed by atoms with van der Waals surface area (Å²) in [6.07, 6.45) is 2.03. The zero-order chi connectivity index (χ0) is 21.6. The summed E-state index contributed by atoms with van der Waals surface area (Å²) in [5.41, 5.74) is 10.3. The van der Waals surface area contributed by atoms with Gasteiger partial charge >= 0.3 is 5.97 Å². The number of para-hydroxylation sites is 1. The first kappa shape index (κ1) is 20.6. The molecule has 0 atom stereocenters. The molecule has 0 aliphatic heterocycles. The van der Waals surface area contributed by atoms with E-state index in [1.807, 2.05) is 66.9 Å². The van der Waals surface area contributed by atoms with E-state index in [4.69, 9.17) is 20.2 Å². The predicted molar refractivity (Wildman–Crippen MR) is 117 cm³/mol. The third-order valence-corrected chi connectivity index (χ3v) is 4.84. The van der Waals surface area contributed by atoms with Crippen LogP contribution in [0, 0.1) is 0 Å². The minimum absolute atomic E-state index is 0.151. The highest BCUT2D eigenvalue weighted by molar-refractivity contribution is 5.77. The number of nitrogens with zero attached hydrogens (tertiary/aromatic N) is 3. The van der Waals surface area contributed by atoms with Gasteiger partial charge in [-0.05, 0) is 36.8 Å². The lowest BCUT2D eigenvalue weighted by atomic mass is 10.1. The van der Waals surface area contributed by atoms with E-state index in [1.165, 1.54) is 0 Å². The summed E-state index contributed by atoms with van der Waals surface area (Å²) in [6, 6.07) is 19.3. The molecule has 2 N–H and O–H groups in total. The average Bonchev–Trinajstić information content (AvgIpc) is 3.27. The van der Waals surface area contributed by atoms with Crippen LogP contribution >= 0.6 is 0 Å². The van der Waals surface area contributed by atoms with Crippen LogP contribution in [0.1, 0.15) is 23.9 Å². The first-order valence-corrected chi connectivity index (χ1v) is 10.2. The van der Waals surface area contributed by atoms with Crippen LogP contribution in [0.2, 0.25) is 0 Å². The third kappa shape index (κ3) is 4.73. The molecule has 0 fully saturated rings. The number of carbonyl (C=O) groups is 1. The summed E-state index contributed by atoms with van der Waals surface area (Å²) in [5, 5.41) is 4.56. The van der Waals surface area contributed by atoms with Crippen molar-refractivity contribution in [1.82, 2.24) is 14.6 Å². The first-order chi connectivity index (χ1) is 15.2. The van der Waals surface area contributed by atoms with Gasteiger partial charge in [0, 0.05) is 23.9 Å². The highest BCUT2D eigenvalue weighted by atomic mass is 16.5. The van der Waals surface area contributed by atoms with Crippen molar-refractivity contribution in [2.24, 2.45) is 5.73 Å². The van der Waals surface area contributed by atoms with Crippen LogP contribution in [0.25, 0.3) is 16.8 Å². The standard InChI is InChI=1S/C24H24N4O3/c1-2-30-23(29)14-18-8-3-4-11-21(18)31-16-22-26-24(20-10-6-12-28(20)27-22)19-9-5-7-17(13-19)15-25/h3-13H,2,14-16,25H2,1H3. The van der Waals surface area contributed by atoms with E-state index in [9.17, 15) is 4.79 Å². The number of esters is 1. The fraction of sp³-hybridized carbons (Fsp3) is 0.208. The summed E-state index contributed by atoms with van der Waals surface area (Å²) in [4.78, 5) is 16.7. The molecule has 0 unspecified atom stereocenters. The maximum Gasteiger partial charge on any atom is 0.310 e. The van der Waals surface area contributed by atoms with Crippen LogP contribution < -0.4 is 10.5 Å². The van der Waals surface area contributed by atoms with E-state index in [2.05, 4.69) is 5.10 Å². The number of benzene rings is 2. The van der Waals surface area contributed by atoms with Crippen molar-refractivity contribution in [1.29, 1.82) is 0 Å². The largest absolute Gasteiger partial charge is 0.485 e. The summed E-state index contributed by atoms with van der Waals surface area (Å²) in [6.45, 7) is 2.76. The first-order valence-electron chi connectivity index (χ1n) is 10.2. The number of aromatic nitrogens is 3. The van der Waals surface area contributed by atoms with Gasteiger partial charge in [-0.25, -0.2) is 9.50 Å². The monoisotopic (exact) mass is 416 g/mol. The number of fused-ring (bicyclic) bond motifs is 1. The third-order valence-electron chi connectivity index (χ3n) is 4.84. The molecular weight excluding hydrogens is 392 g/mol. The van der Waals surface area contributed by atoms with E-state index in [-0.39, 0.29) is 19.0 Å². The molecule has 2 aromatic heterocycles. The molecule has 0 radical (unpaired) electrons. The lowest BCUT2D eigenvalue weighted by Gasteiger charge is -2.12. The number of nitrogens with two attached hydrogens (primary N) is 1. The number of carbonyl (C=O) groups excluding carboxylic acids is 1. The summed E-state index contributed by atoms with van der Waals surface area (Å²) < 4.78 is 12.8. The summed E-state index contributed by atoms with van der Waals surface area (Å²) in [7, 11) is 0. The van der Waals surface area contributed by atoms with Crippen molar-refractivity contribution in [3.05, 3.63) is 83.8 Å². The number of hydrogen-bond acceptors (Lipinski definition) is 6. The molecule has 158 valence electrons. The molecule has 2 heterocycles. The van der Waals surface area contributed by atoms with Crippen molar-refractivity contribution >= 4 is 11.5 Å². The molecule has 2 aromatic carbocycles. The molecule has 0 amide bonds. The van der Waals surface area contributed by atoms with Crippen LogP contribution in [0.5, 0.6) is 5.75 Å². The van der Waals surface area contributed by atoms with Crippen LogP contribution in [0.4, 0.5) is 0 Å². The summed E-state index contributed by atoms with van der Waals surface area (Å²) in [5.74, 6) is 0.854. The zero-order valence-corrected chi connectivity index (χ0v) is 17.3. The number of ether oxygens (including phenoxy) is 2. The molecular formula is C24H24N4O3. The fourth-order valence-corrected chi connectivity index (χ4v) is 3.40. The minimum atomic E-state index is -0.286. The predicted octanol–water partition coefficient (Wildman–Crippen LogP) is 3.54. The van der Waals surface area contributed by atoms with Crippen LogP contribution in [-0.4, -0.2) is 27.2 Å². The molecule has 4 rings (SSSR count). The highest BCUT2D eigenvalue weighted by Crippen LogP contribution is 2.25. The van der Waals surface area contributed by atoms with Crippen molar-refractivity contribution < 1.29 is 14.3 Å². The van der Waals surface area contributed by atoms with Gasteiger partial charge in [-0.15, -0.1) is 5.10 Å². The van der Waals surface area contributed by atoms with Crippen molar-refractivity contribution in [2.45, 2.75) is 26.5 Å². The van der Waals surface area contributed by atoms with Gasteiger partial charge in [0.25, 0.3) is 0 Å². The molecule has 0 saturated heterocycles. The Kier molecular flexibility index (Phi) is 6.24. The van der Waals surface area contributed by atoms with E-state index < -0.39 is 0 Å². The molecule has 0 aliphatic carbocycles. The lowest BCUT2D eigenvalue weighted by Crippen LogP contribution is -2.10. The average molecular weight is 416 g/mol. The number of hydrogen-bond donors (Lipinski definition) is 1. The van der Waals surface area contributed by atoms with Gasteiger partial charge in [-0.1, -0.05) is 36.4 Å². The molecule has 0 saturated carbocycles. The molecule has 7 nitrogen and oxygen atoms in total. The van der Waals surface area contributed by atoms with Gasteiger partial charge in [-0.3, -0.25) is 4.79 Å². The Labute approximate surface area is 180 Å². The SMILES string of the molecule is CCOC(=O)Cc1ccccc1OCc1nc(-c2cccc(CN)c2)c2cccn2n1. The van der Waals surface area contributed by atoms with Gasteiger partial charge in [0.2, 0.25) is 0 Å². The molecule has 0 bridgehead atoms. The maximum absolute atomic E-state index is 11.9. The van der Waals surface area contributed by atoms with E-state index >= 15 is 0 Å². The lowest BCUT2D eigenvalue weighted by molar-refractivity contribution is -0.142. The van der Waals surface area contributed by atoms with Crippen LogP contribution in [0.15, 0.2) is 66.9 Å². The van der Waals surface area contributed by atoms with Gasteiger partial charge in [0.05, 0.1) is 24.2 Å². The topological polar surface area (TPSA) is 91.7 Å². The second-order valence-corrected chi connectivity index (χ2v) is 7.00. The van der Waals surface area contributed by atoms with Gasteiger partial charge in [0.15, 0.2) is 5.82 Å². The van der Waals surface area contributed by atoms with Gasteiger partial charge < -0.3 is 15.2 Å². The Morgan fingerprint density at radius 2 is 1.97 bits per heavy atom. The van der Waals surface area contributed by atoms with E-state index in [0.29, 0.717) is 24.7 Å². The minimum Gasteiger partial charge on any atom is -0.485 e. The Hall–Kier alpha value is -3.71. The van der Waals surface area contributed by atoms with Crippen molar-refractivity contribution in [3.8, 4) is 17.0 Å². The fourth-order valence-electron chi connectivity index (χ4n) is 3.40. The second kappa shape index (κ2) is 9.40. The van der Waals surface area contributed by atoms with Gasteiger partial charge in [-0.2, -0.15) is 0 Å². The summed E-state index contributed by atoms with van der Waals surface area (Å²) >= 11 is 0. The quantitative estimate of drug-likeness (QED) is 0.442. The Morgan fingerprint density at radius 1 is 1.10 bits per heavy atom. The second-order valence-electron chi connectivity index (χ2n) is 7.00. The van der Waals surface area contributed by atoms with Crippen LogP contribution in [-0.2, 0) is 29.1 Å². The van der Waals surface area contributed by atoms with Crippen molar-refractivity contribution in [2.75, 3.05) is 6.61 Å². The van der Waals surface area contributed by atoms with E-state index in [0.717, 1.165) is 27.9 Å². The molecule has 0 spiro atoms. The smallest absolute Gasteiger partial charge is 0.310 e. The molecule has 0 aliphatic rings. The molecule has 4 aromatic rings. The normalized spacial score (nSPS) is 10.9. The van der Waals surface area contributed by atoms with Crippen LogP contribution in [0.3, 0.4) is 0 Å². The maximum atomic E-state index is 11.9. The number of rotatable bonds is 8. The molecule has 31 heavy (non-hydrogen) atoms. The highest BCUT2D eigenvalue weighted by Gasteiger charge is 2.13. The van der Waals surface area contributed by atoms with Crippen molar-refractivity contribution in [3.63, 3.8) is 0 Å². The van der Waals surface area contributed by atoms with E-state index in [1.54, 1.807) is 11.4 Å². The zero-order valence-electron chi connectivity index (χ0n) is 17.3. The Balaban J connectivity index is 1.61. The Morgan fingerprint density at radius 3 is 2.81 bits per heavy atom.